The van der Waals surface area contributed by atoms with Crippen molar-refractivity contribution < 1.29 is 9.15 Å². The van der Waals surface area contributed by atoms with Gasteiger partial charge in [0.2, 0.25) is 0 Å². The van der Waals surface area contributed by atoms with E-state index in [4.69, 9.17) is 9.15 Å². The van der Waals surface area contributed by atoms with E-state index in [9.17, 15) is 0 Å². The molecule has 2 aromatic rings. The smallest absolute Gasteiger partial charge is 0.289 e. The van der Waals surface area contributed by atoms with Gasteiger partial charge in [-0.2, -0.15) is 0 Å². The van der Waals surface area contributed by atoms with Gasteiger partial charge in [-0.3, -0.25) is 0 Å². The molecule has 0 unspecified atom stereocenters. The SMILES string of the molecule is Cc1cccc(Oc2ccco2)c1. The molecule has 66 valence electrons. The maximum Gasteiger partial charge on any atom is 0.289 e. The molecule has 0 N–H and O–H groups in total. The second-order valence-corrected chi connectivity index (χ2v) is 2.85. The maximum atomic E-state index is 5.43. The highest BCUT2D eigenvalue weighted by Gasteiger charge is 1.97. The summed E-state index contributed by atoms with van der Waals surface area (Å²) in [5, 5.41) is 0. The fourth-order valence-corrected chi connectivity index (χ4v) is 1.12. The Morgan fingerprint density at radius 3 is 2.77 bits per heavy atom. The van der Waals surface area contributed by atoms with Crippen LogP contribution in [0, 0.1) is 6.92 Å². The van der Waals surface area contributed by atoms with Crippen LogP contribution in [0.5, 0.6) is 11.7 Å². The summed E-state index contributed by atoms with van der Waals surface area (Å²) in [6.45, 7) is 2.02. The fourth-order valence-electron chi connectivity index (χ4n) is 1.12. The van der Waals surface area contributed by atoms with E-state index in [1.54, 1.807) is 18.4 Å². The lowest BCUT2D eigenvalue weighted by molar-refractivity contribution is 0.346. The molecule has 1 aromatic carbocycles. The highest BCUT2D eigenvalue weighted by molar-refractivity contribution is 5.30. The van der Waals surface area contributed by atoms with Crippen molar-refractivity contribution in [2.75, 3.05) is 0 Å². The summed E-state index contributed by atoms with van der Waals surface area (Å²) < 4.78 is 10.5. The van der Waals surface area contributed by atoms with Crippen LogP contribution < -0.4 is 4.74 Å². The molecule has 0 aliphatic carbocycles. The first-order chi connectivity index (χ1) is 6.34. The standard InChI is InChI=1S/C11H10O2/c1-9-4-2-5-10(8-9)13-11-6-3-7-12-11/h2-8H,1H3. The zero-order chi connectivity index (χ0) is 9.10. The molecule has 0 radical (unpaired) electrons. The predicted molar refractivity (Wildman–Crippen MR) is 50.0 cm³/mol. The minimum atomic E-state index is 0.519. The van der Waals surface area contributed by atoms with Crippen LogP contribution in [0.1, 0.15) is 5.56 Å². The van der Waals surface area contributed by atoms with Crippen LogP contribution in [0.3, 0.4) is 0 Å². The van der Waals surface area contributed by atoms with Crippen molar-refractivity contribution in [2.45, 2.75) is 6.92 Å². The molecule has 1 heterocycles. The molecule has 0 amide bonds. The summed E-state index contributed by atoms with van der Waals surface area (Å²) >= 11 is 0. The number of hydrogen-bond donors (Lipinski definition) is 0. The summed E-state index contributed by atoms with van der Waals surface area (Å²) in [5.74, 6) is 1.32. The van der Waals surface area contributed by atoms with Crippen LogP contribution >= 0.6 is 0 Å². The molecule has 0 fully saturated rings. The lowest BCUT2D eigenvalue weighted by Gasteiger charge is -2.01. The van der Waals surface area contributed by atoms with Crippen LogP contribution in [-0.4, -0.2) is 0 Å². The monoisotopic (exact) mass is 174 g/mol. The van der Waals surface area contributed by atoms with Gasteiger partial charge in [0.25, 0.3) is 5.95 Å². The Hall–Kier alpha value is -1.70. The Labute approximate surface area is 76.8 Å². The molecule has 0 spiro atoms. The molecular weight excluding hydrogens is 164 g/mol. The molecule has 13 heavy (non-hydrogen) atoms. The summed E-state index contributed by atoms with van der Waals surface area (Å²) in [7, 11) is 0. The second-order valence-electron chi connectivity index (χ2n) is 2.85. The molecule has 2 heteroatoms. The number of furan rings is 1. The van der Waals surface area contributed by atoms with Crippen molar-refractivity contribution >= 4 is 0 Å². The largest absolute Gasteiger partial charge is 0.434 e. The average molecular weight is 174 g/mol. The van der Waals surface area contributed by atoms with E-state index in [0.717, 1.165) is 5.75 Å². The van der Waals surface area contributed by atoms with E-state index in [1.807, 2.05) is 31.2 Å². The van der Waals surface area contributed by atoms with E-state index in [1.165, 1.54) is 5.56 Å². The molecule has 0 bridgehead atoms. The summed E-state index contributed by atoms with van der Waals surface area (Å²) in [6, 6.07) is 11.4. The third-order valence-corrected chi connectivity index (χ3v) is 1.70. The van der Waals surface area contributed by atoms with Crippen molar-refractivity contribution in [2.24, 2.45) is 0 Å². The zero-order valence-corrected chi connectivity index (χ0v) is 7.36. The minimum absolute atomic E-state index is 0.519. The normalized spacial score (nSPS) is 9.92. The molecule has 2 nitrogen and oxygen atoms in total. The Morgan fingerprint density at radius 2 is 2.08 bits per heavy atom. The van der Waals surface area contributed by atoms with Crippen LogP contribution in [0.4, 0.5) is 0 Å². The zero-order valence-electron chi connectivity index (χ0n) is 7.36. The number of aryl methyl sites for hydroxylation is 1. The van der Waals surface area contributed by atoms with Crippen molar-refractivity contribution in [3.8, 4) is 11.7 Å². The first-order valence-electron chi connectivity index (χ1n) is 4.12. The lowest BCUT2D eigenvalue weighted by Crippen LogP contribution is -1.81. The van der Waals surface area contributed by atoms with Crippen LogP contribution in [0.2, 0.25) is 0 Å². The van der Waals surface area contributed by atoms with Crippen molar-refractivity contribution in [1.82, 2.24) is 0 Å². The number of ether oxygens (including phenoxy) is 1. The average Bonchev–Trinajstić information content (AvgIpc) is 2.57. The molecule has 0 saturated heterocycles. The second kappa shape index (κ2) is 3.35. The van der Waals surface area contributed by atoms with Crippen LogP contribution in [-0.2, 0) is 0 Å². The van der Waals surface area contributed by atoms with Crippen LogP contribution in [0.25, 0.3) is 0 Å². The third kappa shape index (κ3) is 1.90. The Morgan fingerprint density at radius 1 is 1.15 bits per heavy atom. The van der Waals surface area contributed by atoms with Gasteiger partial charge in [0, 0.05) is 6.07 Å². The third-order valence-electron chi connectivity index (χ3n) is 1.70. The van der Waals surface area contributed by atoms with E-state index in [2.05, 4.69) is 0 Å². The Bertz CT molecular complexity index is 377. The Kier molecular flexibility index (Phi) is 2.04. The Balaban J connectivity index is 2.19. The van der Waals surface area contributed by atoms with Gasteiger partial charge in [0.05, 0.1) is 6.26 Å². The van der Waals surface area contributed by atoms with Gasteiger partial charge in [-0.1, -0.05) is 12.1 Å². The van der Waals surface area contributed by atoms with Crippen molar-refractivity contribution in [1.29, 1.82) is 0 Å². The molecular formula is C11H10O2. The van der Waals surface area contributed by atoms with Gasteiger partial charge in [0.15, 0.2) is 0 Å². The molecule has 0 aliphatic rings. The summed E-state index contributed by atoms with van der Waals surface area (Å²) in [5.41, 5.74) is 1.17. The van der Waals surface area contributed by atoms with Crippen molar-refractivity contribution in [3.05, 3.63) is 48.2 Å². The number of benzene rings is 1. The van der Waals surface area contributed by atoms with Crippen molar-refractivity contribution in [3.63, 3.8) is 0 Å². The topological polar surface area (TPSA) is 22.4 Å². The quantitative estimate of drug-likeness (QED) is 0.696. The van der Waals surface area contributed by atoms with Gasteiger partial charge in [-0.15, -0.1) is 0 Å². The van der Waals surface area contributed by atoms with Gasteiger partial charge in [-0.05, 0) is 30.7 Å². The van der Waals surface area contributed by atoms with Gasteiger partial charge < -0.3 is 9.15 Å². The highest BCUT2D eigenvalue weighted by Crippen LogP contribution is 2.21. The van der Waals surface area contributed by atoms with E-state index >= 15 is 0 Å². The van der Waals surface area contributed by atoms with E-state index < -0.39 is 0 Å². The lowest BCUT2D eigenvalue weighted by atomic mass is 10.2. The molecule has 0 atom stereocenters. The highest BCUT2D eigenvalue weighted by atomic mass is 16.6. The maximum absolute atomic E-state index is 5.43. The first-order valence-corrected chi connectivity index (χ1v) is 4.12. The molecule has 2 rings (SSSR count). The first kappa shape index (κ1) is 7.92. The van der Waals surface area contributed by atoms with E-state index in [-0.39, 0.29) is 0 Å². The van der Waals surface area contributed by atoms with Gasteiger partial charge >= 0.3 is 0 Å². The number of rotatable bonds is 2. The van der Waals surface area contributed by atoms with E-state index in [0.29, 0.717) is 5.95 Å². The summed E-state index contributed by atoms with van der Waals surface area (Å²) in [6.07, 6.45) is 1.59. The minimum Gasteiger partial charge on any atom is -0.434 e. The molecule has 0 aliphatic heterocycles. The number of hydrogen-bond acceptors (Lipinski definition) is 2. The van der Waals surface area contributed by atoms with Gasteiger partial charge in [0.1, 0.15) is 5.75 Å². The summed E-state index contributed by atoms with van der Waals surface area (Å²) in [4.78, 5) is 0. The molecule has 0 saturated carbocycles. The van der Waals surface area contributed by atoms with Gasteiger partial charge in [-0.25, -0.2) is 0 Å². The fraction of sp³-hybridized carbons (Fsp3) is 0.0909. The predicted octanol–water partition coefficient (Wildman–Crippen LogP) is 3.38. The van der Waals surface area contributed by atoms with Crippen LogP contribution in [0.15, 0.2) is 47.1 Å². The molecule has 1 aromatic heterocycles.